The highest BCUT2D eigenvalue weighted by molar-refractivity contribution is 4.68. The molecule has 0 rings (SSSR count). The van der Waals surface area contributed by atoms with E-state index in [1.54, 1.807) is 0 Å². The van der Waals surface area contributed by atoms with Crippen molar-refractivity contribution in [1.29, 1.82) is 0 Å². The van der Waals surface area contributed by atoms with Crippen LogP contribution in [-0.2, 0) is 0 Å². The maximum absolute atomic E-state index is 2.55. The molecule has 0 unspecified atom stereocenters. The van der Waals surface area contributed by atoms with Crippen molar-refractivity contribution in [2.75, 3.05) is 13.1 Å². The lowest BCUT2D eigenvalue weighted by molar-refractivity contribution is 0.209. The molecule has 0 bridgehead atoms. The summed E-state index contributed by atoms with van der Waals surface area (Å²) in [5.41, 5.74) is 0.538. The van der Waals surface area contributed by atoms with E-state index in [-0.39, 0.29) is 0 Å². The lowest BCUT2D eigenvalue weighted by Gasteiger charge is -2.28. The van der Waals surface area contributed by atoms with Gasteiger partial charge in [-0.15, -0.1) is 0 Å². The van der Waals surface area contributed by atoms with E-state index in [1.807, 2.05) is 0 Å². The van der Waals surface area contributed by atoms with Crippen molar-refractivity contribution in [3.63, 3.8) is 0 Å². The number of hydrogen-bond donors (Lipinski definition) is 0. The van der Waals surface area contributed by atoms with Crippen LogP contribution in [0.25, 0.3) is 0 Å². The van der Waals surface area contributed by atoms with Gasteiger partial charge in [-0.1, -0.05) is 34.1 Å². The highest BCUT2D eigenvalue weighted by Gasteiger charge is 2.15. The van der Waals surface area contributed by atoms with E-state index in [9.17, 15) is 0 Å². The van der Waals surface area contributed by atoms with E-state index in [1.165, 1.54) is 32.4 Å². The normalized spacial score (nSPS) is 12.9. The molecule has 0 aliphatic heterocycles. The molecule has 0 aromatic carbocycles. The predicted octanol–water partition coefficient (Wildman–Crippen LogP) is 3.93. The Morgan fingerprint density at radius 3 is 2.07 bits per heavy atom. The molecule has 1 nitrogen and oxygen atoms in total. The number of hydrogen-bond acceptors (Lipinski definition) is 1. The van der Waals surface area contributed by atoms with Crippen molar-refractivity contribution in [2.45, 2.75) is 66.8 Å². The van der Waals surface area contributed by atoms with Gasteiger partial charge in [-0.2, -0.15) is 0 Å². The Labute approximate surface area is 90.9 Å². The van der Waals surface area contributed by atoms with Crippen molar-refractivity contribution in [1.82, 2.24) is 4.90 Å². The molecule has 0 saturated carbocycles. The molecular weight excluding hydrogens is 170 g/mol. The molecular formula is C13H29N. The van der Waals surface area contributed by atoms with Crippen molar-refractivity contribution < 1.29 is 0 Å². The summed E-state index contributed by atoms with van der Waals surface area (Å²) < 4.78 is 0. The third-order valence-corrected chi connectivity index (χ3v) is 3.39. The van der Waals surface area contributed by atoms with Gasteiger partial charge >= 0.3 is 0 Å². The first kappa shape index (κ1) is 14.0. The molecule has 86 valence electrons. The minimum Gasteiger partial charge on any atom is -0.301 e. The minimum atomic E-state index is 0.538. The molecule has 0 aliphatic rings. The van der Waals surface area contributed by atoms with Crippen molar-refractivity contribution in [2.24, 2.45) is 5.41 Å². The maximum atomic E-state index is 2.55. The van der Waals surface area contributed by atoms with Gasteiger partial charge in [0.25, 0.3) is 0 Å². The first-order valence-electron chi connectivity index (χ1n) is 6.17. The third-order valence-electron chi connectivity index (χ3n) is 3.39. The van der Waals surface area contributed by atoms with Crippen LogP contribution >= 0.6 is 0 Å². The van der Waals surface area contributed by atoms with Crippen LogP contribution in [0.4, 0.5) is 0 Å². The Morgan fingerprint density at radius 1 is 1.14 bits per heavy atom. The van der Waals surface area contributed by atoms with E-state index in [0.29, 0.717) is 11.5 Å². The summed E-state index contributed by atoms with van der Waals surface area (Å²) in [6.45, 7) is 16.3. The molecule has 0 fully saturated rings. The summed E-state index contributed by atoms with van der Waals surface area (Å²) in [4.78, 5) is 2.55. The maximum Gasteiger partial charge on any atom is 0.00384 e. The van der Waals surface area contributed by atoms with Gasteiger partial charge in [0.2, 0.25) is 0 Å². The Balaban J connectivity index is 3.71. The van der Waals surface area contributed by atoms with Gasteiger partial charge < -0.3 is 4.90 Å². The topological polar surface area (TPSA) is 3.24 Å². The molecule has 1 heteroatoms. The fourth-order valence-corrected chi connectivity index (χ4v) is 1.72. The molecule has 0 saturated heterocycles. The van der Waals surface area contributed by atoms with Crippen LogP contribution in [0.2, 0.25) is 0 Å². The van der Waals surface area contributed by atoms with E-state index >= 15 is 0 Å². The van der Waals surface area contributed by atoms with Crippen LogP contribution in [0, 0.1) is 5.41 Å². The Hall–Kier alpha value is -0.0400. The second-order valence-electron chi connectivity index (χ2n) is 5.34. The first-order valence-corrected chi connectivity index (χ1v) is 6.17. The highest BCUT2D eigenvalue weighted by atomic mass is 15.1. The Bertz CT molecular complexity index is 138. The summed E-state index contributed by atoms with van der Waals surface area (Å²) in [5.74, 6) is 0. The van der Waals surface area contributed by atoms with Gasteiger partial charge in [0, 0.05) is 6.04 Å². The summed E-state index contributed by atoms with van der Waals surface area (Å²) in [6.07, 6.45) is 3.99. The van der Waals surface area contributed by atoms with Crippen LogP contribution in [0.15, 0.2) is 0 Å². The smallest absolute Gasteiger partial charge is 0.00384 e. The highest BCUT2D eigenvalue weighted by Crippen LogP contribution is 2.26. The molecule has 0 atom stereocenters. The lowest BCUT2D eigenvalue weighted by Crippen LogP contribution is -2.32. The van der Waals surface area contributed by atoms with Crippen LogP contribution in [0.1, 0.15) is 60.8 Å². The molecule has 0 N–H and O–H groups in total. The molecule has 0 radical (unpaired) electrons. The molecule has 0 heterocycles. The van der Waals surface area contributed by atoms with Crippen LogP contribution < -0.4 is 0 Å². The van der Waals surface area contributed by atoms with Gasteiger partial charge in [-0.05, 0) is 45.2 Å². The standard InChI is InChI=1S/C13H29N/c1-7-13(5,6)10-9-11-14(8-2)12(3)4/h12H,7-11H2,1-6H3. The average molecular weight is 199 g/mol. The van der Waals surface area contributed by atoms with Crippen LogP contribution in [0.5, 0.6) is 0 Å². The summed E-state index contributed by atoms with van der Waals surface area (Å²) in [7, 11) is 0. The molecule has 14 heavy (non-hydrogen) atoms. The van der Waals surface area contributed by atoms with Crippen LogP contribution in [0.3, 0.4) is 0 Å². The molecule has 0 aliphatic carbocycles. The monoisotopic (exact) mass is 199 g/mol. The second-order valence-corrected chi connectivity index (χ2v) is 5.34. The zero-order valence-corrected chi connectivity index (χ0v) is 11.1. The van der Waals surface area contributed by atoms with Crippen molar-refractivity contribution >= 4 is 0 Å². The molecule has 0 amide bonds. The van der Waals surface area contributed by atoms with Gasteiger partial charge in [0.15, 0.2) is 0 Å². The van der Waals surface area contributed by atoms with Gasteiger partial charge in [-0.3, -0.25) is 0 Å². The predicted molar refractivity (Wildman–Crippen MR) is 65.7 cm³/mol. The van der Waals surface area contributed by atoms with E-state index in [4.69, 9.17) is 0 Å². The number of rotatable bonds is 7. The summed E-state index contributed by atoms with van der Waals surface area (Å²) in [5, 5.41) is 0. The number of nitrogens with zero attached hydrogens (tertiary/aromatic N) is 1. The van der Waals surface area contributed by atoms with Gasteiger partial charge in [0.1, 0.15) is 0 Å². The lowest BCUT2D eigenvalue weighted by atomic mass is 9.85. The summed E-state index contributed by atoms with van der Waals surface area (Å²) >= 11 is 0. The zero-order chi connectivity index (χ0) is 11.2. The third kappa shape index (κ3) is 5.64. The first-order chi connectivity index (χ1) is 6.43. The van der Waals surface area contributed by atoms with Crippen molar-refractivity contribution in [3.8, 4) is 0 Å². The quantitative estimate of drug-likeness (QED) is 0.600. The van der Waals surface area contributed by atoms with Crippen LogP contribution in [-0.4, -0.2) is 24.0 Å². The minimum absolute atomic E-state index is 0.538. The molecule has 0 spiro atoms. The fraction of sp³-hybridized carbons (Fsp3) is 1.00. The van der Waals surface area contributed by atoms with E-state index in [0.717, 1.165) is 0 Å². The molecule has 0 aromatic rings. The van der Waals surface area contributed by atoms with Gasteiger partial charge in [0.05, 0.1) is 0 Å². The Kier molecular flexibility index (Phi) is 6.43. The second kappa shape index (κ2) is 6.44. The van der Waals surface area contributed by atoms with E-state index < -0.39 is 0 Å². The average Bonchev–Trinajstić information content (AvgIpc) is 2.12. The Morgan fingerprint density at radius 2 is 1.71 bits per heavy atom. The SMILES string of the molecule is CCN(CCCC(C)(C)CC)C(C)C. The van der Waals surface area contributed by atoms with Gasteiger partial charge in [-0.25, -0.2) is 0 Å². The zero-order valence-electron chi connectivity index (χ0n) is 11.1. The molecule has 0 aromatic heterocycles. The van der Waals surface area contributed by atoms with Crippen molar-refractivity contribution in [3.05, 3.63) is 0 Å². The summed E-state index contributed by atoms with van der Waals surface area (Å²) in [6, 6.07) is 0.699. The van der Waals surface area contributed by atoms with E-state index in [2.05, 4.69) is 46.4 Å². The fourth-order valence-electron chi connectivity index (χ4n) is 1.72. The largest absolute Gasteiger partial charge is 0.301 e.